The first-order valence-corrected chi connectivity index (χ1v) is 8.30. The van der Waals surface area contributed by atoms with Crippen LogP contribution < -0.4 is 11.1 Å². The number of hydrogen-bond donors (Lipinski definition) is 2. The summed E-state index contributed by atoms with van der Waals surface area (Å²) in [6, 6.07) is 3.48. The van der Waals surface area contributed by atoms with Crippen LogP contribution in [0.1, 0.15) is 0 Å². The van der Waals surface area contributed by atoms with Gasteiger partial charge in [-0.2, -0.15) is 23.5 Å². The number of thioether (sulfide) groups is 2. The van der Waals surface area contributed by atoms with Crippen molar-refractivity contribution < 1.29 is 0 Å². The van der Waals surface area contributed by atoms with Crippen LogP contribution in [-0.4, -0.2) is 29.1 Å². The van der Waals surface area contributed by atoms with Crippen molar-refractivity contribution in [3.05, 3.63) is 22.2 Å². The summed E-state index contributed by atoms with van der Waals surface area (Å²) in [4.78, 5) is 0. The largest absolute Gasteiger partial charge is 0.397 e. The molecule has 1 unspecified atom stereocenters. The number of halogens is 2. The summed E-state index contributed by atoms with van der Waals surface area (Å²) in [5.41, 5.74) is 7.41. The van der Waals surface area contributed by atoms with Gasteiger partial charge in [0.2, 0.25) is 0 Å². The number of rotatable bonds is 3. The first kappa shape index (κ1) is 13.5. The molecule has 0 amide bonds. The molecule has 2 nitrogen and oxygen atoms in total. The Morgan fingerprint density at radius 2 is 2.06 bits per heavy atom. The monoisotopic (exact) mass is 308 g/mol. The molecule has 1 fully saturated rings. The minimum atomic E-state index is 0.498. The van der Waals surface area contributed by atoms with E-state index in [2.05, 4.69) is 5.32 Å². The molecule has 0 radical (unpaired) electrons. The molecule has 0 aliphatic carbocycles. The van der Waals surface area contributed by atoms with Gasteiger partial charge in [-0.15, -0.1) is 0 Å². The predicted octanol–water partition coefficient (Wildman–Crippen LogP) is 3.84. The number of anilines is 2. The number of benzene rings is 1. The second-order valence-corrected chi connectivity index (χ2v) is 7.17. The molecule has 1 aliphatic rings. The van der Waals surface area contributed by atoms with Crippen LogP contribution in [0, 0.1) is 0 Å². The highest BCUT2D eigenvalue weighted by Gasteiger charge is 2.14. The second-order valence-electron chi connectivity index (χ2n) is 3.80. The van der Waals surface area contributed by atoms with Crippen LogP contribution in [0.5, 0.6) is 0 Å². The third kappa shape index (κ3) is 3.78. The standard InChI is InChI=1S/C11H14Cl2N2S2/c12-8-3-10(14)11(4-9(8)13)15-5-7-6-16-1-2-17-7/h3-4,7,15H,1-2,5-6,14H2. The Morgan fingerprint density at radius 3 is 2.76 bits per heavy atom. The van der Waals surface area contributed by atoms with Crippen molar-refractivity contribution in [3.8, 4) is 0 Å². The van der Waals surface area contributed by atoms with E-state index in [1.165, 1.54) is 17.3 Å². The lowest BCUT2D eigenvalue weighted by Gasteiger charge is -2.22. The second kappa shape index (κ2) is 6.32. The van der Waals surface area contributed by atoms with Gasteiger partial charge >= 0.3 is 0 Å². The summed E-state index contributed by atoms with van der Waals surface area (Å²) >= 11 is 15.9. The number of nitrogens with one attached hydrogen (secondary N) is 1. The lowest BCUT2D eigenvalue weighted by molar-refractivity contribution is 1.01. The molecule has 2 rings (SSSR count). The van der Waals surface area contributed by atoms with Crippen molar-refractivity contribution in [1.29, 1.82) is 0 Å². The Labute approximate surface area is 120 Å². The van der Waals surface area contributed by atoms with E-state index in [0.717, 1.165) is 12.2 Å². The zero-order valence-electron chi connectivity index (χ0n) is 9.21. The summed E-state index contributed by atoms with van der Waals surface area (Å²) in [6.07, 6.45) is 0. The molecule has 1 aromatic rings. The Bertz CT molecular complexity index is 395. The SMILES string of the molecule is Nc1cc(Cl)c(Cl)cc1NCC1CSCCS1. The van der Waals surface area contributed by atoms with Gasteiger partial charge in [0.1, 0.15) is 0 Å². The topological polar surface area (TPSA) is 38.0 Å². The average Bonchev–Trinajstić information content (AvgIpc) is 2.33. The van der Waals surface area contributed by atoms with E-state index in [-0.39, 0.29) is 0 Å². The van der Waals surface area contributed by atoms with Crippen molar-refractivity contribution in [1.82, 2.24) is 0 Å². The van der Waals surface area contributed by atoms with Crippen molar-refractivity contribution in [2.45, 2.75) is 5.25 Å². The quantitative estimate of drug-likeness (QED) is 0.832. The van der Waals surface area contributed by atoms with E-state index >= 15 is 0 Å². The maximum atomic E-state index is 5.97. The molecule has 1 aromatic carbocycles. The van der Waals surface area contributed by atoms with E-state index in [1.807, 2.05) is 23.5 Å². The first-order valence-electron chi connectivity index (χ1n) is 5.34. The van der Waals surface area contributed by atoms with Crippen molar-refractivity contribution in [3.63, 3.8) is 0 Å². The molecule has 1 heterocycles. The Kier molecular flexibility index (Phi) is 5.03. The fraction of sp³-hybridized carbons (Fsp3) is 0.455. The Balaban J connectivity index is 1.96. The summed E-state index contributed by atoms with van der Waals surface area (Å²) in [5.74, 6) is 3.68. The fourth-order valence-electron chi connectivity index (χ4n) is 1.59. The molecule has 94 valence electrons. The summed E-state index contributed by atoms with van der Waals surface area (Å²) in [5, 5.41) is 5.02. The van der Waals surface area contributed by atoms with Gasteiger partial charge in [-0.3, -0.25) is 0 Å². The van der Waals surface area contributed by atoms with Crippen LogP contribution in [-0.2, 0) is 0 Å². The Hall–Kier alpha value is 0.1000. The van der Waals surface area contributed by atoms with Crippen molar-refractivity contribution in [2.24, 2.45) is 0 Å². The van der Waals surface area contributed by atoms with Gasteiger partial charge in [0, 0.05) is 29.1 Å². The van der Waals surface area contributed by atoms with Gasteiger partial charge in [-0.05, 0) is 12.1 Å². The van der Waals surface area contributed by atoms with Crippen LogP contribution in [0.2, 0.25) is 10.0 Å². The maximum Gasteiger partial charge on any atom is 0.0614 e. The molecule has 0 spiro atoms. The molecule has 0 saturated carbocycles. The van der Waals surface area contributed by atoms with E-state index in [4.69, 9.17) is 28.9 Å². The molecule has 3 N–H and O–H groups in total. The van der Waals surface area contributed by atoms with Crippen LogP contribution in [0.3, 0.4) is 0 Å². The summed E-state index contributed by atoms with van der Waals surface area (Å²) in [6.45, 7) is 0.916. The van der Waals surface area contributed by atoms with Crippen molar-refractivity contribution >= 4 is 58.1 Å². The molecule has 1 aliphatic heterocycles. The highest BCUT2D eigenvalue weighted by atomic mass is 35.5. The highest BCUT2D eigenvalue weighted by Crippen LogP contribution is 2.31. The van der Waals surface area contributed by atoms with E-state index in [9.17, 15) is 0 Å². The highest BCUT2D eigenvalue weighted by molar-refractivity contribution is 8.06. The van der Waals surface area contributed by atoms with Gasteiger partial charge in [0.15, 0.2) is 0 Å². The summed E-state index contributed by atoms with van der Waals surface area (Å²) in [7, 11) is 0. The molecular formula is C11H14Cl2N2S2. The molecule has 1 saturated heterocycles. The minimum absolute atomic E-state index is 0.498. The van der Waals surface area contributed by atoms with Gasteiger partial charge in [-0.1, -0.05) is 23.2 Å². The third-order valence-corrected chi connectivity index (χ3v) is 6.06. The number of nitrogen functional groups attached to an aromatic ring is 1. The van der Waals surface area contributed by atoms with Crippen LogP contribution in [0.15, 0.2) is 12.1 Å². The van der Waals surface area contributed by atoms with E-state index < -0.39 is 0 Å². The fourth-order valence-corrected chi connectivity index (χ4v) is 4.54. The number of nitrogens with two attached hydrogens (primary N) is 1. The Morgan fingerprint density at radius 1 is 1.29 bits per heavy atom. The smallest absolute Gasteiger partial charge is 0.0614 e. The molecule has 6 heteroatoms. The maximum absolute atomic E-state index is 5.97. The molecule has 0 aromatic heterocycles. The lowest BCUT2D eigenvalue weighted by atomic mass is 10.2. The predicted molar refractivity (Wildman–Crippen MR) is 82.9 cm³/mol. The van der Waals surface area contributed by atoms with Gasteiger partial charge in [0.25, 0.3) is 0 Å². The molecule has 1 atom stereocenters. The molecule has 17 heavy (non-hydrogen) atoms. The molecular weight excluding hydrogens is 295 g/mol. The van der Waals surface area contributed by atoms with Gasteiger partial charge < -0.3 is 11.1 Å². The van der Waals surface area contributed by atoms with Crippen LogP contribution >= 0.6 is 46.7 Å². The third-order valence-electron chi connectivity index (χ3n) is 2.50. The van der Waals surface area contributed by atoms with Crippen molar-refractivity contribution in [2.75, 3.05) is 34.9 Å². The normalized spacial score (nSPS) is 20.2. The molecule has 0 bridgehead atoms. The number of hydrogen-bond acceptors (Lipinski definition) is 4. The lowest BCUT2D eigenvalue weighted by Crippen LogP contribution is -2.23. The van der Waals surface area contributed by atoms with E-state index in [0.29, 0.717) is 21.0 Å². The van der Waals surface area contributed by atoms with Crippen LogP contribution in [0.4, 0.5) is 11.4 Å². The zero-order chi connectivity index (χ0) is 12.3. The first-order chi connectivity index (χ1) is 8.16. The van der Waals surface area contributed by atoms with Gasteiger partial charge in [-0.25, -0.2) is 0 Å². The van der Waals surface area contributed by atoms with Gasteiger partial charge in [0.05, 0.1) is 21.4 Å². The summed E-state index contributed by atoms with van der Waals surface area (Å²) < 4.78 is 0. The van der Waals surface area contributed by atoms with E-state index in [1.54, 1.807) is 12.1 Å². The minimum Gasteiger partial charge on any atom is -0.397 e. The van der Waals surface area contributed by atoms with Crippen LogP contribution in [0.25, 0.3) is 0 Å². The zero-order valence-corrected chi connectivity index (χ0v) is 12.4. The average molecular weight is 309 g/mol.